The molecule has 0 aliphatic carbocycles. The first-order valence-electron chi connectivity index (χ1n) is 10.0. The third kappa shape index (κ3) is 4.07. The molecule has 2 fully saturated rings. The number of piperidine rings is 1. The number of hydrogen-bond acceptors (Lipinski definition) is 5. The summed E-state index contributed by atoms with van der Waals surface area (Å²) in [5, 5.41) is 10.5. The van der Waals surface area contributed by atoms with E-state index in [1.165, 1.54) is 19.4 Å². The van der Waals surface area contributed by atoms with E-state index in [2.05, 4.69) is 40.8 Å². The van der Waals surface area contributed by atoms with Gasteiger partial charge >= 0.3 is 0 Å². The molecule has 4 rings (SSSR count). The summed E-state index contributed by atoms with van der Waals surface area (Å²) in [6, 6.07) is 12.3. The summed E-state index contributed by atoms with van der Waals surface area (Å²) >= 11 is 0. The third-order valence-corrected chi connectivity index (χ3v) is 5.78. The molecular formula is C22H28N4O. The molecule has 0 N–H and O–H groups in total. The molecule has 1 aromatic heterocycles. The van der Waals surface area contributed by atoms with Crippen molar-refractivity contribution in [1.29, 1.82) is 5.26 Å². The number of benzene rings is 1. The predicted molar refractivity (Wildman–Crippen MR) is 108 cm³/mol. The smallest absolute Gasteiger partial charge is 0.143 e. The fraction of sp³-hybridized carbons (Fsp3) is 0.545. The van der Waals surface area contributed by atoms with Crippen LogP contribution in [0.2, 0.25) is 0 Å². The summed E-state index contributed by atoms with van der Waals surface area (Å²) < 4.78 is 5.86. The molecule has 3 heterocycles. The van der Waals surface area contributed by atoms with Crippen molar-refractivity contribution < 1.29 is 4.74 Å². The minimum absolute atomic E-state index is 0.335. The fourth-order valence-electron chi connectivity index (χ4n) is 4.63. The highest BCUT2D eigenvalue weighted by Gasteiger charge is 2.27. The van der Waals surface area contributed by atoms with Crippen molar-refractivity contribution in [3.63, 3.8) is 0 Å². The lowest BCUT2D eigenvalue weighted by molar-refractivity contribution is -0.0720. The van der Waals surface area contributed by atoms with E-state index in [4.69, 9.17) is 4.74 Å². The highest BCUT2D eigenvalue weighted by Crippen LogP contribution is 2.30. The number of fused-ring (bicyclic) bond motifs is 1. The van der Waals surface area contributed by atoms with Crippen LogP contribution in [0.25, 0.3) is 10.9 Å². The number of para-hydroxylation sites is 1. The number of pyridine rings is 1. The van der Waals surface area contributed by atoms with Crippen molar-refractivity contribution in [3.05, 3.63) is 36.0 Å². The molecule has 0 spiro atoms. The fourth-order valence-corrected chi connectivity index (χ4v) is 4.63. The molecule has 0 amide bonds. The molecule has 0 bridgehead atoms. The number of rotatable bonds is 3. The average Bonchev–Trinajstić information content (AvgIpc) is 2.67. The zero-order valence-corrected chi connectivity index (χ0v) is 16.3. The van der Waals surface area contributed by atoms with Gasteiger partial charge in [-0.05, 0) is 44.7 Å². The number of nitrogens with zero attached hydrogens (tertiary/aromatic N) is 4. The Hall–Kier alpha value is -2.16. The van der Waals surface area contributed by atoms with Crippen molar-refractivity contribution in [1.82, 2.24) is 9.88 Å². The van der Waals surface area contributed by atoms with Crippen LogP contribution in [0.1, 0.15) is 32.4 Å². The van der Waals surface area contributed by atoms with Crippen LogP contribution in [0.4, 0.5) is 5.69 Å². The lowest BCUT2D eigenvalue weighted by atomic mass is 9.95. The van der Waals surface area contributed by atoms with Gasteiger partial charge in [-0.15, -0.1) is 0 Å². The van der Waals surface area contributed by atoms with Crippen molar-refractivity contribution in [2.75, 3.05) is 37.6 Å². The molecule has 2 unspecified atom stereocenters. The molecule has 27 heavy (non-hydrogen) atoms. The Balaban J connectivity index is 1.44. The second-order valence-electron chi connectivity index (χ2n) is 8.06. The Morgan fingerprint density at radius 1 is 1.15 bits per heavy atom. The van der Waals surface area contributed by atoms with Gasteiger partial charge in [-0.25, -0.2) is 4.98 Å². The Morgan fingerprint density at radius 3 is 2.56 bits per heavy atom. The Kier molecular flexibility index (Phi) is 5.29. The van der Waals surface area contributed by atoms with Gasteiger partial charge in [0.15, 0.2) is 0 Å². The van der Waals surface area contributed by atoms with Crippen molar-refractivity contribution in [3.8, 4) is 6.07 Å². The van der Waals surface area contributed by atoms with Crippen molar-refractivity contribution in [2.24, 2.45) is 5.92 Å². The molecule has 2 atom stereocenters. The number of morpholine rings is 1. The molecule has 0 radical (unpaired) electrons. The molecule has 142 valence electrons. The van der Waals surface area contributed by atoms with Crippen LogP contribution in [0.5, 0.6) is 0 Å². The van der Waals surface area contributed by atoms with E-state index in [0.717, 1.165) is 48.7 Å². The minimum Gasteiger partial charge on any atom is -0.373 e. The van der Waals surface area contributed by atoms with E-state index in [1.54, 1.807) is 0 Å². The van der Waals surface area contributed by atoms with E-state index in [9.17, 15) is 5.26 Å². The lowest BCUT2D eigenvalue weighted by Crippen LogP contribution is -2.48. The number of hydrogen-bond donors (Lipinski definition) is 0. The summed E-state index contributed by atoms with van der Waals surface area (Å²) in [5.41, 5.74) is 2.57. The highest BCUT2D eigenvalue weighted by atomic mass is 16.5. The van der Waals surface area contributed by atoms with Crippen LogP contribution in [0, 0.1) is 17.2 Å². The average molecular weight is 364 g/mol. The van der Waals surface area contributed by atoms with Crippen LogP contribution in [0.3, 0.4) is 0 Å². The normalized spacial score (nSPS) is 24.9. The van der Waals surface area contributed by atoms with Crippen molar-refractivity contribution in [2.45, 2.75) is 38.9 Å². The van der Waals surface area contributed by atoms with Crippen LogP contribution in [0.15, 0.2) is 30.3 Å². The summed E-state index contributed by atoms with van der Waals surface area (Å²) in [7, 11) is 0. The maximum absolute atomic E-state index is 9.34. The topological polar surface area (TPSA) is 52.4 Å². The molecule has 0 saturated carbocycles. The third-order valence-electron chi connectivity index (χ3n) is 5.78. The van der Waals surface area contributed by atoms with Gasteiger partial charge in [-0.2, -0.15) is 5.26 Å². The zero-order valence-electron chi connectivity index (χ0n) is 16.3. The maximum Gasteiger partial charge on any atom is 0.143 e. The van der Waals surface area contributed by atoms with Crippen LogP contribution >= 0.6 is 0 Å². The summed E-state index contributed by atoms with van der Waals surface area (Å²) in [6.45, 7) is 9.69. The first kappa shape index (κ1) is 18.2. The van der Waals surface area contributed by atoms with Gasteiger partial charge < -0.3 is 9.64 Å². The summed E-state index contributed by atoms with van der Waals surface area (Å²) in [6.07, 6.45) is 3.06. The van der Waals surface area contributed by atoms with E-state index < -0.39 is 0 Å². The monoisotopic (exact) mass is 364 g/mol. The lowest BCUT2D eigenvalue weighted by Gasteiger charge is -2.40. The second-order valence-corrected chi connectivity index (χ2v) is 8.06. The second kappa shape index (κ2) is 7.84. The van der Waals surface area contributed by atoms with Gasteiger partial charge in [0.1, 0.15) is 11.8 Å². The first-order valence-corrected chi connectivity index (χ1v) is 10.0. The molecule has 1 aromatic carbocycles. The van der Waals surface area contributed by atoms with Gasteiger partial charge in [-0.3, -0.25) is 4.90 Å². The number of ether oxygens (including phenoxy) is 1. The first-order chi connectivity index (χ1) is 13.1. The predicted octanol–water partition coefficient (Wildman–Crippen LogP) is 3.43. The number of anilines is 1. The SMILES string of the molecule is CC1CN(CC2CCN(c3cc(C#N)nc4ccccc34)CC2)CC(C)O1. The molecule has 5 nitrogen and oxygen atoms in total. The quantitative estimate of drug-likeness (QED) is 0.835. The van der Waals surface area contributed by atoms with E-state index in [0.29, 0.717) is 17.9 Å². The molecule has 2 aliphatic rings. The van der Waals surface area contributed by atoms with Gasteiger partial charge in [-0.1, -0.05) is 18.2 Å². The van der Waals surface area contributed by atoms with Gasteiger partial charge in [0.2, 0.25) is 0 Å². The van der Waals surface area contributed by atoms with E-state index in [1.807, 2.05) is 24.3 Å². The molecular weight excluding hydrogens is 336 g/mol. The van der Waals surface area contributed by atoms with Crippen LogP contribution in [-0.2, 0) is 4.74 Å². The van der Waals surface area contributed by atoms with Crippen LogP contribution in [-0.4, -0.2) is 54.8 Å². The molecule has 2 aromatic rings. The summed E-state index contributed by atoms with van der Waals surface area (Å²) in [4.78, 5) is 9.46. The van der Waals surface area contributed by atoms with Crippen molar-refractivity contribution >= 4 is 16.6 Å². The Bertz CT molecular complexity index is 828. The number of aromatic nitrogens is 1. The Morgan fingerprint density at radius 2 is 1.85 bits per heavy atom. The Labute approximate surface area is 161 Å². The highest BCUT2D eigenvalue weighted by molar-refractivity contribution is 5.92. The standard InChI is InChI=1S/C22H28N4O/c1-16-13-25(14-17(2)27-16)15-18-7-9-26(10-8-18)22-11-19(12-23)24-21-6-4-3-5-20(21)22/h3-6,11,16-18H,7-10,13-15H2,1-2H3. The van der Waals surface area contributed by atoms with Gasteiger partial charge in [0.25, 0.3) is 0 Å². The molecule has 2 saturated heterocycles. The summed E-state index contributed by atoms with van der Waals surface area (Å²) in [5.74, 6) is 0.738. The van der Waals surface area contributed by atoms with Gasteiger partial charge in [0.05, 0.1) is 17.7 Å². The van der Waals surface area contributed by atoms with Crippen LogP contribution < -0.4 is 4.90 Å². The largest absolute Gasteiger partial charge is 0.373 e. The maximum atomic E-state index is 9.34. The zero-order chi connectivity index (χ0) is 18.8. The molecule has 2 aliphatic heterocycles. The minimum atomic E-state index is 0.335. The number of nitriles is 1. The van der Waals surface area contributed by atoms with E-state index in [-0.39, 0.29) is 0 Å². The molecule has 5 heteroatoms. The van der Waals surface area contributed by atoms with E-state index >= 15 is 0 Å². The van der Waals surface area contributed by atoms with Gasteiger partial charge in [0, 0.05) is 43.8 Å².